The van der Waals surface area contributed by atoms with Crippen LogP contribution in [0.1, 0.15) is 31.2 Å². The molecule has 1 aliphatic carbocycles. The van der Waals surface area contributed by atoms with Crippen LogP contribution in [0.3, 0.4) is 0 Å². The molecule has 1 aliphatic rings. The van der Waals surface area contributed by atoms with Gasteiger partial charge in [-0.25, -0.2) is 0 Å². The lowest BCUT2D eigenvalue weighted by atomic mass is 9.78. The third kappa shape index (κ3) is 3.77. The normalized spacial score (nSPS) is 17.4. The summed E-state index contributed by atoms with van der Waals surface area (Å²) in [6.45, 7) is 0.837. The van der Waals surface area contributed by atoms with Crippen molar-refractivity contribution in [2.75, 3.05) is 20.7 Å². The molecule has 1 aromatic rings. The van der Waals surface area contributed by atoms with Crippen molar-refractivity contribution in [1.29, 1.82) is 0 Å². The van der Waals surface area contributed by atoms with E-state index < -0.39 is 0 Å². The van der Waals surface area contributed by atoms with Crippen LogP contribution in [0.15, 0.2) is 29.3 Å². The van der Waals surface area contributed by atoms with Gasteiger partial charge in [0.25, 0.3) is 0 Å². The molecule has 0 aliphatic heterocycles. The molecule has 0 saturated heterocycles. The first kappa shape index (κ1) is 17.1. The van der Waals surface area contributed by atoms with Crippen molar-refractivity contribution in [2.45, 2.75) is 31.1 Å². The molecule has 0 radical (unpaired) electrons. The van der Waals surface area contributed by atoms with Crippen molar-refractivity contribution in [1.82, 2.24) is 5.32 Å². The maximum atomic E-state index is 5.76. The Morgan fingerprint density at radius 3 is 2.70 bits per heavy atom. The maximum absolute atomic E-state index is 5.76. The van der Waals surface area contributed by atoms with Crippen LogP contribution in [0.5, 0.6) is 5.75 Å². The molecule has 0 heterocycles. The zero-order valence-electron chi connectivity index (χ0n) is 12.2. The lowest BCUT2D eigenvalue weighted by molar-refractivity contribution is 0.404. The zero-order chi connectivity index (χ0) is 13.7. The highest BCUT2D eigenvalue weighted by atomic mass is 127. The van der Waals surface area contributed by atoms with Gasteiger partial charge in [0.05, 0.1) is 7.11 Å². The minimum Gasteiger partial charge on any atom is -0.497 e. The summed E-state index contributed by atoms with van der Waals surface area (Å²) in [6, 6.07) is 8.38. The van der Waals surface area contributed by atoms with Crippen molar-refractivity contribution in [3.8, 4) is 5.75 Å². The molecule has 1 saturated carbocycles. The number of nitrogens with one attached hydrogen (secondary N) is 1. The van der Waals surface area contributed by atoms with Gasteiger partial charge in [-0.15, -0.1) is 24.0 Å². The number of guanidine groups is 1. The Morgan fingerprint density at radius 1 is 1.40 bits per heavy atom. The predicted octanol–water partition coefficient (Wildman–Crippen LogP) is 2.66. The number of nitrogens with zero attached hydrogens (tertiary/aromatic N) is 1. The number of ether oxygens (including phenoxy) is 1. The first-order chi connectivity index (χ1) is 9.20. The number of hydrogen-bond donors (Lipinski definition) is 2. The summed E-state index contributed by atoms with van der Waals surface area (Å²) in [5.41, 5.74) is 7.25. The van der Waals surface area contributed by atoms with Gasteiger partial charge >= 0.3 is 0 Å². The summed E-state index contributed by atoms with van der Waals surface area (Å²) in [5, 5.41) is 3.24. The SMILES string of the molecule is CN=C(N)NCC1(c2cccc(OC)c2)CCCC1.I. The number of aliphatic imine (C=N–C) groups is 1. The fourth-order valence-electron chi connectivity index (χ4n) is 2.91. The largest absolute Gasteiger partial charge is 0.497 e. The third-order valence-electron chi connectivity index (χ3n) is 4.09. The molecule has 3 N–H and O–H groups in total. The predicted molar refractivity (Wildman–Crippen MR) is 94.1 cm³/mol. The highest BCUT2D eigenvalue weighted by molar-refractivity contribution is 14.0. The Balaban J connectivity index is 0.00000200. The average molecular weight is 389 g/mol. The van der Waals surface area contributed by atoms with Gasteiger partial charge in [0, 0.05) is 19.0 Å². The minimum atomic E-state index is 0. The Hall–Kier alpha value is -0.980. The van der Waals surface area contributed by atoms with Crippen LogP contribution in [-0.4, -0.2) is 26.7 Å². The standard InChI is InChI=1S/C15H23N3O.HI/c1-17-14(16)18-11-15(8-3-4-9-15)12-6-5-7-13(10-12)19-2;/h5-7,10H,3-4,8-9,11H2,1-2H3,(H3,16,17,18);1H. The van der Waals surface area contributed by atoms with Crippen LogP contribution in [0.4, 0.5) is 0 Å². The number of hydrogen-bond acceptors (Lipinski definition) is 2. The second kappa shape index (κ2) is 7.71. The van der Waals surface area contributed by atoms with Crippen molar-refractivity contribution < 1.29 is 4.74 Å². The molecule has 4 nitrogen and oxygen atoms in total. The molecular weight excluding hydrogens is 365 g/mol. The van der Waals surface area contributed by atoms with E-state index in [4.69, 9.17) is 10.5 Å². The lowest BCUT2D eigenvalue weighted by Gasteiger charge is -2.30. The Labute approximate surface area is 138 Å². The van der Waals surface area contributed by atoms with Gasteiger partial charge in [0.1, 0.15) is 5.75 Å². The maximum Gasteiger partial charge on any atom is 0.188 e. The minimum absolute atomic E-state index is 0. The van der Waals surface area contributed by atoms with Crippen LogP contribution in [-0.2, 0) is 5.41 Å². The molecule has 5 heteroatoms. The molecule has 112 valence electrons. The highest BCUT2D eigenvalue weighted by Crippen LogP contribution is 2.41. The zero-order valence-corrected chi connectivity index (χ0v) is 14.5. The van der Waals surface area contributed by atoms with Crippen LogP contribution in [0, 0.1) is 0 Å². The Morgan fingerprint density at radius 2 is 2.10 bits per heavy atom. The average Bonchev–Trinajstić information content (AvgIpc) is 2.95. The van der Waals surface area contributed by atoms with E-state index in [-0.39, 0.29) is 29.4 Å². The van der Waals surface area contributed by atoms with Gasteiger partial charge in [0.15, 0.2) is 5.96 Å². The third-order valence-corrected chi connectivity index (χ3v) is 4.09. The van der Waals surface area contributed by atoms with Crippen molar-refractivity contribution in [2.24, 2.45) is 10.7 Å². The van der Waals surface area contributed by atoms with Crippen molar-refractivity contribution >= 4 is 29.9 Å². The second-order valence-corrected chi connectivity index (χ2v) is 5.18. The first-order valence-electron chi connectivity index (χ1n) is 6.81. The summed E-state index contributed by atoms with van der Waals surface area (Å²) in [5.74, 6) is 1.43. The molecule has 0 aromatic heterocycles. The molecular formula is C15H24IN3O. The van der Waals surface area contributed by atoms with E-state index in [1.807, 2.05) is 6.07 Å². The van der Waals surface area contributed by atoms with Crippen LogP contribution >= 0.6 is 24.0 Å². The van der Waals surface area contributed by atoms with E-state index in [2.05, 4.69) is 28.5 Å². The van der Waals surface area contributed by atoms with Gasteiger partial charge in [-0.2, -0.15) is 0 Å². The van der Waals surface area contributed by atoms with E-state index in [1.165, 1.54) is 31.2 Å². The van der Waals surface area contributed by atoms with E-state index in [1.54, 1.807) is 14.2 Å². The molecule has 0 atom stereocenters. The summed E-state index contributed by atoms with van der Waals surface area (Å²) < 4.78 is 5.34. The Kier molecular flexibility index (Phi) is 6.58. The van der Waals surface area contributed by atoms with Crippen LogP contribution in [0.25, 0.3) is 0 Å². The molecule has 0 unspecified atom stereocenters. The molecule has 20 heavy (non-hydrogen) atoms. The van der Waals surface area contributed by atoms with Crippen LogP contribution in [0.2, 0.25) is 0 Å². The number of rotatable bonds is 4. The monoisotopic (exact) mass is 389 g/mol. The van der Waals surface area contributed by atoms with Crippen LogP contribution < -0.4 is 15.8 Å². The highest BCUT2D eigenvalue weighted by Gasteiger charge is 2.35. The molecule has 0 spiro atoms. The van der Waals surface area contributed by atoms with Gasteiger partial charge in [-0.3, -0.25) is 4.99 Å². The van der Waals surface area contributed by atoms with Crippen molar-refractivity contribution in [3.63, 3.8) is 0 Å². The fraction of sp³-hybridized carbons (Fsp3) is 0.533. The van der Waals surface area contributed by atoms with E-state index >= 15 is 0 Å². The van der Waals surface area contributed by atoms with Gasteiger partial charge < -0.3 is 15.8 Å². The summed E-state index contributed by atoms with van der Waals surface area (Å²) >= 11 is 0. The lowest BCUT2D eigenvalue weighted by Crippen LogP contribution is -2.42. The molecule has 0 bridgehead atoms. The smallest absolute Gasteiger partial charge is 0.188 e. The van der Waals surface area contributed by atoms with E-state index in [9.17, 15) is 0 Å². The number of nitrogens with two attached hydrogens (primary N) is 1. The topological polar surface area (TPSA) is 59.6 Å². The summed E-state index contributed by atoms with van der Waals surface area (Å²) in [6.07, 6.45) is 4.90. The summed E-state index contributed by atoms with van der Waals surface area (Å²) in [4.78, 5) is 3.97. The van der Waals surface area contributed by atoms with E-state index in [0.717, 1.165) is 12.3 Å². The van der Waals surface area contributed by atoms with Gasteiger partial charge in [-0.1, -0.05) is 25.0 Å². The fourth-order valence-corrected chi connectivity index (χ4v) is 2.91. The number of methoxy groups -OCH3 is 1. The first-order valence-corrected chi connectivity index (χ1v) is 6.81. The van der Waals surface area contributed by atoms with Crippen molar-refractivity contribution in [3.05, 3.63) is 29.8 Å². The van der Waals surface area contributed by atoms with Gasteiger partial charge in [0.2, 0.25) is 0 Å². The quantitative estimate of drug-likeness (QED) is 0.473. The number of halogens is 1. The molecule has 1 aromatic carbocycles. The Bertz CT molecular complexity index is 456. The molecule has 1 fully saturated rings. The van der Waals surface area contributed by atoms with Gasteiger partial charge in [-0.05, 0) is 30.5 Å². The van der Waals surface area contributed by atoms with E-state index in [0.29, 0.717) is 5.96 Å². The second-order valence-electron chi connectivity index (χ2n) is 5.18. The number of benzene rings is 1. The molecule has 0 amide bonds. The molecule has 2 rings (SSSR count). The summed E-state index contributed by atoms with van der Waals surface area (Å²) in [7, 11) is 3.41.